The summed E-state index contributed by atoms with van der Waals surface area (Å²) >= 11 is 6.11. The van der Waals surface area contributed by atoms with Crippen LogP contribution in [0.1, 0.15) is 37.6 Å². The van der Waals surface area contributed by atoms with Gasteiger partial charge in [0.25, 0.3) is 15.9 Å². The van der Waals surface area contributed by atoms with Crippen LogP contribution < -0.4 is 15.4 Å². The Kier molecular flexibility index (Phi) is 9.48. The Morgan fingerprint density at radius 1 is 1.12 bits per heavy atom. The number of rotatable bonds is 10. The molecule has 11 heteroatoms. The van der Waals surface area contributed by atoms with E-state index in [2.05, 4.69) is 15.4 Å². The second-order valence-electron chi connectivity index (χ2n) is 7.66. The highest BCUT2D eigenvalue weighted by molar-refractivity contribution is 7.92. The van der Waals surface area contributed by atoms with Crippen LogP contribution in [0.5, 0.6) is 0 Å². The van der Waals surface area contributed by atoms with Gasteiger partial charge in [-0.15, -0.1) is 0 Å². The normalized spacial score (nSPS) is 12.2. The third-order valence-electron chi connectivity index (χ3n) is 4.46. The Morgan fingerprint density at radius 3 is 2.39 bits per heavy atom. The molecule has 0 spiro atoms. The van der Waals surface area contributed by atoms with Crippen LogP contribution in [-0.2, 0) is 14.8 Å². The van der Waals surface area contributed by atoms with E-state index in [9.17, 15) is 22.4 Å². The van der Waals surface area contributed by atoms with Gasteiger partial charge in [-0.05, 0) is 61.7 Å². The van der Waals surface area contributed by atoms with Gasteiger partial charge in [0.15, 0.2) is 0 Å². The van der Waals surface area contributed by atoms with E-state index in [1.54, 1.807) is 6.92 Å². The van der Waals surface area contributed by atoms with Gasteiger partial charge < -0.3 is 15.4 Å². The third kappa shape index (κ3) is 8.21. The number of carbonyl (C=O) groups is 2. The summed E-state index contributed by atoms with van der Waals surface area (Å²) in [6.45, 7) is 6.05. The molecule has 2 aromatic carbocycles. The predicted molar refractivity (Wildman–Crippen MR) is 124 cm³/mol. The lowest BCUT2D eigenvalue weighted by atomic mass is 10.0. The van der Waals surface area contributed by atoms with Gasteiger partial charge in [-0.1, -0.05) is 25.4 Å². The molecule has 8 nitrogen and oxygen atoms in total. The van der Waals surface area contributed by atoms with Crippen molar-refractivity contribution in [2.24, 2.45) is 5.92 Å². The first-order valence-corrected chi connectivity index (χ1v) is 12.2. The van der Waals surface area contributed by atoms with Crippen LogP contribution >= 0.6 is 11.6 Å². The SMILES string of the molecule is CCOC(=O)NC(CNC(=O)c1ccc(Cl)c(NS(=O)(=O)c2ccc(F)cc2)c1)CC(C)C. The molecule has 3 N–H and O–H groups in total. The average Bonchev–Trinajstić information content (AvgIpc) is 2.73. The fraction of sp³-hybridized carbons (Fsp3) is 0.364. The van der Waals surface area contributed by atoms with Gasteiger partial charge >= 0.3 is 6.09 Å². The third-order valence-corrected chi connectivity index (χ3v) is 6.17. The van der Waals surface area contributed by atoms with Crippen molar-refractivity contribution in [3.05, 3.63) is 58.9 Å². The minimum absolute atomic E-state index is 0.00276. The number of anilines is 1. The van der Waals surface area contributed by atoms with Crippen LogP contribution in [0.2, 0.25) is 5.02 Å². The summed E-state index contributed by atoms with van der Waals surface area (Å²) in [6.07, 6.45) is 0.0454. The summed E-state index contributed by atoms with van der Waals surface area (Å²) in [4.78, 5) is 24.3. The molecule has 180 valence electrons. The predicted octanol–water partition coefficient (Wildman–Crippen LogP) is 4.17. The van der Waals surface area contributed by atoms with Crippen LogP contribution in [0.3, 0.4) is 0 Å². The molecular weight excluding hydrogens is 473 g/mol. The maximum atomic E-state index is 13.1. The van der Waals surface area contributed by atoms with Gasteiger partial charge in [0.1, 0.15) is 5.82 Å². The minimum Gasteiger partial charge on any atom is -0.450 e. The van der Waals surface area contributed by atoms with Crippen molar-refractivity contribution in [3.8, 4) is 0 Å². The molecule has 2 aromatic rings. The second-order valence-corrected chi connectivity index (χ2v) is 9.74. The van der Waals surface area contributed by atoms with Gasteiger partial charge in [0.05, 0.1) is 22.2 Å². The van der Waals surface area contributed by atoms with Crippen molar-refractivity contribution in [1.82, 2.24) is 10.6 Å². The molecular formula is C22H27ClFN3O5S. The van der Waals surface area contributed by atoms with Crippen LogP contribution in [-0.4, -0.2) is 39.6 Å². The molecule has 0 heterocycles. The molecule has 0 saturated carbocycles. The van der Waals surface area contributed by atoms with Crippen molar-refractivity contribution in [1.29, 1.82) is 0 Å². The van der Waals surface area contributed by atoms with Crippen molar-refractivity contribution in [2.45, 2.75) is 38.1 Å². The Hall–Kier alpha value is -2.85. The number of hydrogen-bond acceptors (Lipinski definition) is 5. The molecule has 1 unspecified atom stereocenters. The van der Waals surface area contributed by atoms with E-state index < -0.39 is 27.8 Å². The zero-order valence-corrected chi connectivity index (χ0v) is 20.1. The van der Waals surface area contributed by atoms with Gasteiger partial charge in [0, 0.05) is 18.2 Å². The van der Waals surface area contributed by atoms with Crippen molar-refractivity contribution in [2.75, 3.05) is 17.9 Å². The number of nitrogens with one attached hydrogen (secondary N) is 3. The molecule has 1 atom stereocenters. The van der Waals surface area contributed by atoms with Gasteiger partial charge in [-0.2, -0.15) is 0 Å². The van der Waals surface area contributed by atoms with Crippen LogP contribution in [0.15, 0.2) is 47.4 Å². The van der Waals surface area contributed by atoms with Crippen molar-refractivity contribution >= 4 is 39.3 Å². The maximum Gasteiger partial charge on any atom is 0.407 e. The first kappa shape index (κ1) is 26.4. The summed E-state index contributed by atoms with van der Waals surface area (Å²) in [5.74, 6) is -0.788. The smallest absolute Gasteiger partial charge is 0.407 e. The molecule has 0 aliphatic carbocycles. The topological polar surface area (TPSA) is 114 Å². The Bertz CT molecular complexity index is 1080. The first-order valence-electron chi connectivity index (χ1n) is 10.3. The molecule has 2 rings (SSSR count). The number of ether oxygens (including phenoxy) is 1. The molecule has 33 heavy (non-hydrogen) atoms. The van der Waals surface area contributed by atoms with Crippen LogP contribution in [0.4, 0.5) is 14.9 Å². The molecule has 0 radical (unpaired) electrons. The van der Waals surface area contributed by atoms with Crippen LogP contribution in [0.25, 0.3) is 0 Å². The molecule has 0 aliphatic rings. The summed E-state index contributed by atoms with van der Waals surface area (Å²) in [5, 5.41) is 5.52. The lowest BCUT2D eigenvalue weighted by molar-refractivity contribution is 0.0944. The van der Waals surface area contributed by atoms with E-state index in [0.717, 1.165) is 24.3 Å². The molecule has 0 saturated heterocycles. The molecule has 0 fully saturated rings. The Morgan fingerprint density at radius 2 is 1.79 bits per heavy atom. The highest BCUT2D eigenvalue weighted by atomic mass is 35.5. The zero-order valence-electron chi connectivity index (χ0n) is 18.5. The minimum atomic E-state index is -4.05. The molecule has 0 aliphatic heterocycles. The lowest BCUT2D eigenvalue weighted by Crippen LogP contribution is -2.44. The molecule has 0 aromatic heterocycles. The van der Waals surface area contributed by atoms with E-state index in [4.69, 9.17) is 16.3 Å². The highest BCUT2D eigenvalue weighted by Gasteiger charge is 2.19. The molecule has 2 amide bonds. The number of halogens is 2. The monoisotopic (exact) mass is 499 g/mol. The largest absolute Gasteiger partial charge is 0.450 e. The van der Waals surface area contributed by atoms with Crippen LogP contribution in [0, 0.1) is 11.7 Å². The summed E-state index contributed by atoms with van der Waals surface area (Å²) < 4.78 is 45.5. The zero-order chi connectivity index (χ0) is 24.6. The van der Waals surface area contributed by atoms with Gasteiger partial charge in [0.2, 0.25) is 0 Å². The quantitative estimate of drug-likeness (QED) is 0.454. The van der Waals surface area contributed by atoms with E-state index in [-0.39, 0.29) is 46.3 Å². The molecule has 0 bridgehead atoms. The van der Waals surface area contributed by atoms with E-state index in [0.29, 0.717) is 6.42 Å². The fourth-order valence-corrected chi connectivity index (χ4v) is 4.27. The number of hydrogen-bond donors (Lipinski definition) is 3. The van der Waals surface area contributed by atoms with Gasteiger partial charge in [-0.3, -0.25) is 9.52 Å². The van der Waals surface area contributed by atoms with Crippen molar-refractivity contribution in [3.63, 3.8) is 0 Å². The van der Waals surface area contributed by atoms with E-state index in [1.807, 2.05) is 13.8 Å². The number of sulfonamides is 1. The van der Waals surface area contributed by atoms with Crippen molar-refractivity contribution < 1.29 is 27.1 Å². The number of alkyl carbamates (subject to hydrolysis) is 1. The summed E-state index contributed by atoms with van der Waals surface area (Å²) in [6, 6.07) is 8.08. The van der Waals surface area contributed by atoms with Gasteiger partial charge in [-0.25, -0.2) is 17.6 Å². The highest BCUT2D eigenvalue weighted by Crippen LogP contribution is 2.26. The van der Waals surface area contributed by atoms with E-state index >= 15 is 0 Å². The number of benzene rings is 2. The lowest BCUT2D eigenvalue weighted by Gasteiger charge is -2.21. The number of carbonyl (C=O) groups excluding carboxylic acids is 2. The summed E-state index contributed by atoms with van der Waals surface area (Å²) in [5.41, 5.74) is 0.160. The first-order chi connectivity index (χ1) is 15.5. The standard InChI is InChI=1S/C22H27ClFN3O5S/c1-4-32-22(29)26-17(11-14(2)3)13-25-21(28)15-5-10-19(23)20(12-15)27-33(30,31)18-8-6-16(24)7-9-18/h5-10,12,14,17,27H,4,11,13H2,1-3H3,(H,25,28)(H,26,29). The maximum absolute atomic E-state index is 13.1. The summed E-state index contributed by atoms with van der Waals surface area (Å²) in [7, 11) is -4.05. The average molecular weight is 500 g/mol. The second kappa shape index (κ2) is 11.9. The Balaban J connectivity index is 2.12. The Labute approximate surface area is 197 Å². The fourth-order valence-electron chi connectivity index (χ4n) is 2.98. The number of amides is 2. The van der Waals surface area contributed by atoms with E-state index in [1.165, 1.54) is 18.2 Å².